The minimum atomic E-state index is -0.488. The molecular weight excluding hydrogens is 376 g/mol. The van der Waals surface area contributed by atoms with Crippen molar-refractivity contribution < 1.29 is 14.9 Å². The maximum absolute atomic E-state index is 10.1. The number of aromatic hydroxyl groups is 1. The summed E-state index contributed by atoms with van der Waals surface area (Å²) in [5, 5.41) is 20.4. The molecule has 0 aliphatic heterocycles. The molecule has 1 aromatic carbocycles. The maximum atomic E-state index is 10.1. The van der Waals surface area contributed by atoms with Crippen LogP contribution >= 0.6 is 11.8 Å². The molecular formula is C20H26N4O3S. The molecule has 4 N–H and O–H groups in total. The molecule has 0 saturated carbocycles. The third-order valence-electron chi connectivity index (χ3n) is 3.79. The minimum Gasteiger partial charge on any atom is -0.504 e. The molecule has 0 radical (unpaired) electrons. The number of aliphatic hydroxyl groups is 1. The van der Waals surface area contributed by atoms with E-state index in [0.29, 0.717) is 34.5 Å². The number of pyridine rings is 1. The number of nitrogens with two attached hydrogens (primary N) is 1. The Morgan fingerprint density at radius 1 is 1.25 bits per heavy atom. The number of ether oxygens (including phenoxy) is 1. The summed E-state index contributed by atoms with van der Waals surface area (Å²) < 4.78 is 5.54. The van der Waals surface area contributed by atoms with Crippen LogP contribution in [0.2, 0.25) is 0 Å². The lowest BCUT2D eigenvalue weighted by Gasteiger charge is -2.17. The van der Waals surface area contributed by atoms with Crippen molar-refractivity contribution in [1.29, 1.82) is 0 Å². The molecule has 2 aromatic rings. The Bertz CT molecular complexity index is 882. The van der Waals surface area contributed by atoms with Gasteiger partial charge in [-0.05, 0) is 31.5 Å². The highest BCUT2D eigenvalue weighted by Gasteiger charge is 2.20. The number of hydrogen-bond donors (Lipinski definition) is 3. The van der Waals surface area contributed by atoms with Crippen LogP contribution in [-0.4, -0.2) is 60.2 Å². The lowest BCUT2D eigenvalue weighted by molar-refractivity contribution is 0.220. The third-order valence-corrected chi connectivity index (χ3v) is 5.03. The number of anilines is 1. The van der Waals surface area contributed by atoms with Gasteiger partial charge in [-0.2, -0.15) is 0 Å². The van der Waals surface area contributed by atoms with Gasteiger partial charge in [0.25, 0.3) is 0 Å². The summed E-state index contributed by atoms with van der Waals surface area (Å²) in [5.41, 5.74) is 9.25. The van der Waals surface area contributed by atoms with Gasteiger partial charge in [0.15, 0.2) is 11.5 Å². The Balaban J connectivity index is 2.79. The van der Waals surface area contributed by atoms with E-state index in [-0.39, 0.29) is 5.75 Å². The topological polar surface area (TPSA) is 113 Å². The van der Waals surface area contributed by atoms with Gasteiger partial charge >= 0.3 is 0 Å². The van der Waals surface area contributed by atoms with Crippen LogP contribution in [0, 0.1) is 0 Å². The van der Waals surface area contributed by atoms with E-state index < -0.39 is 6.10 Å². The van der Waals surface area contributed by atoms with Gasteiger partial charge in [0.1, 0.15) is 10.8 Å². The fourth-order valence-corrected chi connectivity index (χ4v) is 3.55. The van der Waals surface area contributed by atoms with Crippen LogP contribution in [0.1, 0.15) is 25.0 Å². The number of phenols is 1. The van der Waals surface area contributed by atoms with Gasteiger partial charge in [-0.15, -0.1) is 11.8 Å². The van der Waals surface area contributed by atoms with Crippen LogP contribution in [-0.2, 0) is 0 Å². The highest BCUT2D eigenvalue weighted by molar-refractivity contribution is 7.99. The molecule has 28 heavy (non-hydrogen) atoms. The first-order valence-corrected chi connectivity index (χ1v) is 9.86. The molecule has 0 bridgehead atoms. The standard InChI is InChI=1S/C20H26N4O3S/c1-5-27-17-8-13(6-7-16(17)26)18-14(9-22-3)19(21)24-20(15(18)10-23-4)28-11-12(2)25/h6-10,12,25-26H,5,11H2,1-4H3,(H2,21,24). The maximum Gasteiger partial charge on any atom is 0.161 e. The van der Waals surface area contributed by atoms with Crippen molar-refractivity contribution in [2.24, 2.45) is 9.98 Å². The van der Waals surface area contributed by atoms with Crippen molar-refractivity contribution >= 4 is 30.0 Å². The van der Waals surface area contributed by atoms with Gasteiger partial charge in [0, 0.05) is 49.0 Å². The average Bonchev–Trinajstić information content (AvgIpc) is 2.65. The van der Waals surface area contributed by atoms with Crippen LogP contribution in [0.5, 0.6) is 11.5 Å². The quantitative estimate of drug-likeness (QED) is 0.462. The molecule has 1 atom stereocenters. The number of nitrogen functional groups attached to an aromatic ring is 1. The first-order valence-electron chi connectivity index (χ1n) is 8.87. The number of phenolic OH excluding ortho intramolecular Hbond substituents is 1. The number of aliphatic hydroxyl groups excluding tert-OH is 1. The monoisotopic (exact) mass is 402 g/mol. The summed E-state index contributed by atoms with van der Waals surface area (Å²) in [6, 6.07) is 5.13. The van der Waals surface area contributed by atoms with E-state index in [1.54, 1.807) is 51.6 Å². The molecule has 0 amide bonds. The van der Waals surface area contributed by atoms with Crippen molar-refractivity contribution in [3.8, 4) is 22.6 Å². The molecule has 150 valence electrons. The van der Waals surface area contributed by atoms with E-state index in [0.717, 1.165) is 16.7 Å². The minimum absolute atomic E-state index is 0.0627. The SMILES string of the molecule is CCOc1cc(-c2c(C=NC)c(N)nc(SCC(C)O)c2C=NC)ccc1O. The molecule has 2 rings (SSSR count). The van der Waals surface area contributed by atoms with Gasteiger partial charge < -0.3 is 20.7 Å². The summed E-state index contributed by atoms with van der Waals surface area (Å²) in [6.45, 7) is 4.00. The second-order valence-corrected chi connectivity index (χ2v) is 7.06. The summed E-state index contributed by atoms with van der Waals surface area (Å²) >= 11 is 1.40. The van der Waals surface area contributed by atoms with Crippen LogP contribution in [0.4, 0.5) is 5.82 Å². The third kappa shape index (κ3) is 5.02. The average molecular weight is 403 g/mol. The first-order chi connectivity index (χ1) is 13.4. The second kappa shape index (κ2) is 10.1. The summed E-state index contributed by atoms with van der Waals surface area (Å²) in [6.07, 6.45) is 2.88. The Kier molecular flexibility index (Phi) is 7.83. The molecule has 1 unspecified atom stereocenters. The van der Waals surface area contributed by atoms with Gasteiger partial charge in [-0.25, -0.2) is 4.98 Å². The molecule has 0 spiro atoms. The fraction of sp³-hybridized carbons (Fsp3) is 0.350. The van der Waals surface area contributed by atoms with E-state index in [2.05, 4.69) is 15.0 Å². The first kappa shape index (κ1) is 21.7. The normalized spacial score (nSPS) is 12.8. The van der Waals surface area contributed by atoms with Gasteiger partial charge in [-0.1, -0.05) is 6.07 Å². The predicted molar refractivity (Wildman–Crippen MR) is 116 cm³/mol. The number of aromatic nitrogens is 1. The Morgan fingerprint density at radius 3 is 2.54 bits per heavy atom. The lowest BCUT2D eigenvalue weighted by atomic mass is 9.96. The summed E-state index contributed by atoms with van der Waals surface area (Å²) in [4.78, 5) is 12.8. The summed E-state index contributed by atoms with van der Waals surface area (Å²) in [5.74, 6) is 1.24. The molecule has 7 nitrogen and oxygen atoms in total. The number of aliphatic imine (C=N–C) groups is 2. The molecule has 1 aromatic heterocycles. The van der Waals surface area contributed by atoms with Crippen molar-refractivity contribution in [2.75, 3.05) is 32.2 Å². The van der Waals surface area contributed by atoms with E-state index in [4.69, 9.17) is 10.5 Å². The van der Waals surface area contributed by atoms with Crippen LogP contribution in [0.3, 0.4) is 0 Å². The zero-order valence-electron chi connectivity index (χ0n) is 16.5. The molecule has 8 heteroatoms. The number of nitrogens with zero attached hydrogens (tertiary/aromatic N) is 3. The van der Waals surface area contributed by atoms with Gasteiger partial charge in [0.05, 0.1) is 12.7 Å². The number of thioether (sulfide) groups is 1. The Labute approximate surface area is 169 Å². The van der Waals surface area contributed by atoms with Crippen LogP contribution in [0.15, 0.2) is 33.2 Å². The fourth-order valence-electron chi connectivity index (χ4n) is 2.68. The molecule has 0 aliphatic rings. The molecule has 0 fully saturated rings. The van der Waals surface area contributed by atoms with Gasteiger partial charge in [-0.3, -0.25) is 9.98 Å². The molecule has 0 aliphatic carbocycles. The van der Waals surface area contributed by atoms with Crippen LogP contribution in [0.25, 0.3) is 11.1 Å². The van der Waals surface area contributed by atoms with E-state index in [9.17, 15) is 10.2 Å². The lowest BCUT2D eigenvalue weighted by Crippen LogP contribution is -2.09. The van der Waals surface area contributed by atoms with Gasteiger partial charge in [0.2, 0.25) is 0 Å². The zero-order valence-corrected chi connectivity index (χ0v) is 17.3. The second-order valence-electron chi connectivity index (χ2n) is 6.05. The summed E-state index contributed by atoms with van der Waals surface area (Å²) in [7, 11) is 3.34. The van der Waals surface area contributed by atoms with E-state index >= 15 is 0 Å². The largest absolute Gasteiger partial charge is 0.504 e. The zero-order chi connectivity index (χ0) is 20.7. The molecule has 1 heterocycles. The van der Waals surface area contributed by atoms with Crippen molar-refractivity contribution in [1.82, 2.24) is 4.98 Å². The van der Waals surface area contributed by atoms with Crippen molar-refractivity contribution in [2.45, 2.75) is 25.0 Å². The van der Waals surface area contributed by atoms with Crippen molar-refractivity contribution in [3.05, 3.63) is 29.3 Å². The smallest absolute Gasteiger partial charge is 0.161 e. The highest BCUT2D eigenvalue weighted by Crippen LogP contribution is 2.38. The van der Waals surface area contributed by atoms with E-state index in [1.807, 2.05) is 6.92 Å². The highest BCUT2D eigenvalue weighted by atomic mass is 32.2. The number of benzene rings is 1. The predicted octanol–water partition coefficient (Wildman–Crippen LogP) is 3.01. The van der Waals surface area contributed by atoms with Crippen LogP contribution < -0.4 is 10.5 Å². The van der Waals surface area contributed by atoms with E-state index in [1.165, 1.54) is 11.8 Å². The molecule has 0 saturated heterocycles. The Morgan fingerprint density at radius 2 is 1.93 bits per heavy atom. The number of hydrogen-bond acceptors (Lipinski definition) is 8. The number of rotatable bonds is 8. The Hall–Kier alpha value is -2.58. The van der Waals surface area contributed by atoms with Crippen molar-refractivity contribution in [3.63, 3.8) is 0 Å².